The van der Waals surface area contributed by atoms with Crippen LogP contribution in [0.5, 0.6) is 17.2 Å². The van der Waals surface area contributed by atoms with E-state index in [1.807, 2.05) is 0 Å². The molecular formula is C19H18O7. The molecule has 1 unspecified atom stereocenters. The predicted molar refractivity (Wildman–Crippen MR) is 91.9 cm³/mol. The fourth-order valence-electron chi connectivity index (χ4n) is 2.19. The molecule has 0 aliphatic rings. The van der Waals surface area contributed by atoms with Crippen LogP contribution in [0.2, 0.25) is 0 Å². The molecule has 0 heterocycles. The molecule has 136 valence electrons. The van der Waals surface area contributed by atoms with Gasteiger partial charge in [0.1, 0.15) is 5.75 Å². The van der Waals surface area contributed by atoms with Gasteiger partial charge in [-0.1, -0.05) is 24.3 Å². The van der Waals surface area contributed by atoms with Crippen molar-refractivity contribution in [2.24, 2.45) is 0 Å². The summed E-state index contributed by atoms with van der Waals surface area (Å²) in [6.45, 7) is 0. The summed E-state index contributed by atoms with van der Waals surface area (Å²) in [5, 5.41) is 37.1. The van der Waals surface area contributed by atoms with Crippen LogP contribution in [0.1, 0.15) is 11.1 Å². The highest BCUT2D eigenvalue weighted by molar-refractivity contribution is 5.85. The first-order valence-electron chi connectivity index (χ1n) is 7.74. The molecule has 0 fully saturated rings. The van der Waals surface area contributed by atoms with Crippen LogP contribution in [0.15, 0.2) is 54.6 Å². The highest BCUT2D eigenvalue weighted by atomic mass is 16.6. The van der Waals surface area contributed by atoms with Crippen molar-refractivity contribution in [1.29, 1.82) is 0 Å². The Balaban J connectivity index is 1.94. The molecule has 0 aliphatic carbocycles. The molecule has 0 spiro atoms. The first-order chi connectivity index (χ1) is 12.3. The molecule has 2 rings (SSSR count). The number of benzene rings is 2. The Bertz CT molecular complexity index is 809. The van der Waals surface area contributed by atoms with Crippen LogP contribution in [0.4, 0.5) is 0 Å². The molecule has 0 bridgehead atoms. The summed E-state index contributed by atoms with van der Waals surface area (Å²) >= 11 is 0. The van der Waals surface area contributed by atoms with Gasteiger partial charge in [0, 0.05) is 12.5 Å². The first kappa shape index (κ1) is 18.9. The number of ether oxygens (including phenoxy) is 1. The third-order valence-electron chi connectivity index (χ3n) is 3.54. The van der Waals surface area contributed by atoms with Crippen molar-refractivity contribution in [3.63, 3.8) is 0 Å². The third kappa shape index (κ3) is 5.55. The van der Waals surface area contributed by atoms with Gasteiger partial charge in [-0.05, 0) is 41.8 Å². The SMILES string of the molecule is O=C(/C=C/Cc1ccc(O)cc1)OC(Cc1ccc(O)c(O)c1)C(=O)O. The number of carboxylic acids is 1. The van der Waals surface area contributed by atoms with Crippen LogP contribution in [0, 0.1) is 0 Å². The van der Waals surface area contributed by atoms with E-state index in [0.717, 1.165) is 11.6 Å². The van der Waals surface area contributed by atoms with E-state index in [-0.39, 0.29) is 23.7 Å². The first-order valence-corrected chi connectivity index (χ1v) is 7.74. The standard InChI is InChI=1S/C19H18O7/c20-14-7-4-12(5-8-14)2-1-3-18(23)26-17(19(24)25)11-13-6-9-15(21)16(22)10-13/h1,3-10,17,20-22H,2,11H2,(H,24,25)/b3-1+. The van der Waals surface area contributed by atoms with E-state index in [1.54, 1.807) is 12.1 Å². The van der Waals surface area contributed by atoms with Crippen molar-refractivity contribution >= 4 is 11.9 Å². The van der Waals surface area contributed by atoms with E-state index in [0.29, 0.717) is 12.0 Å². The van der Waals surface area contributed by atoms with Gasteiger partial charge in [0.2, 0.25) is 6.10 Å². The number of carboxylic acid groups (broad SMARTS) is 1. The van der Waals surface area contributed by atoms with E-state index >= 15 is 0 Å². The number of hydrogen-bond acceptors (Lipinski definition) is 6. The number of aromatic hydroxyl groups is 3. The maximum absolute atomic E-state index is 11.8. The summed E-state index contributed by atoms with van der Waals surface area (Å²) in [6, 6.07) is 10.3. The molecule has 7 heteroatoms. The summed E-state index contributed by atoms with van der Waals surface area (Å²) < 4.78 is 4.93. The number of aliphatic carboxylic acids is 1. The van der Waals surface area contributed by atoms with Crippen LogP contribution >= 0.6 is 0 Å². The summed E-state index contributed by atoms with van der Waals surface area (Å²) in [5.74, 6) is -2.69. The molecule has 0 saturated carbocycles. The molecule has 4 N–H and O–H groups in total. The number of hydrogen-bond donors (Lipinski definition) is 4. The van der Waals surface area contributed by atoms with E-state index in [9.17, 15) is 30.0 Å². The quantitative estimate of drug-likeness (QED) is 0.339. The molecule has 1 atom stereocenters. The van der Waals surface area contributed by atoms with Gasteiger partial charge in [-0.25, -0.2) is 9.59 Å². The monoisotopic (exact) mass is 358 g/mol. The minimum absolute atomic E-state index is 0.140. The number of rotatable bonds is 7. The van der Waals surface area contributed by atoms with E-state index in [1.165, 1.54) is 36.4 Å². The zero-order valence-electron chi connectivity index (χ0n) is 13.7. The number of allylic oxidation sites excluding steroid dienone is 1. The molecule has 2 aromatic carbocycles. The Hall–Kier alpha value is -3.48. The second-order valence-electron chi connectivity index (χ2n) is 5.56. The zero-order chi connectivity index (χ0) is 19.1. The molecule has 0 radical (unpaired) electrons. The van der Waals surface area contributed by atoms with Crippen LogP contribution in [0.3, 0.4) is 0 Å². The Kier molecular flexibility index (Phi) is 6.21. The Morgan fingerprint density at radius 1 is 0.962 bits per heavy atom. The lowest BCUT2D eigenvalue weighted by atomic mass is 10.1. The fraction of sp³-hybridized carbons (Fsp3) is 0.158. The lowest BCUT2D eigenvalue weighted by molar-refractivity contribution is -0.160. The summed E-state index contributed by atoms with van der Waals surface area (Å²) in [5.41, 5.74) is 1.26. The van der Waals surface area contributed by atoms with E-state index < -0.39 is 18.0 Å². The van der Waals surface area contributed by atoms with Crippen molar-refractivity contribution in [2.45, 2.75) is 18.9 Å². The molecule has 26 heavy (non-hydrogen) atoms. The van der Waals surface area contributed by atoms with Gasteiger partial charge in [-0.15, -0.1) is 0 Å². The Morgan fingerprint density at radius 3 is 2.23 bits per heavy atom. The molecule has 0 aliphatic heterocycles. The van der Waals surface area contributed by atoms with Gasteiger partial charge in [0.05, 0.1) is 0 Å². The zero-order valence-corrected chi connectivity index (χ0v) is 13.7. The van der Waals surface area contributed by atoms with Gasteiger partial charge in [0.15, 0.2) is 11.5 Å². The second-order valence-corrected chi connectivity index (χ2v) is 5.56. The molecule has 0 saturated heterocycles. The van der Waals surface area contributed by atoms with Gasteiger partial charge in [-0.3, -0.25) is 0 Å². The molecule has 7 nitrogen and oxygen atoms in total. The van der Waals surface area contributed by atoms with Crippen molar-refractivity contribution in [3.05, 3.63) is 65.7 Å². The van der Waals surface area contributed by atoms with Crippen LogP contribution in [-0.2, 0) is 27.2 Å². The van der Waals surface area contributed by atoms with Crippen molar-refractivity contribution < 1.29 is 34.8 Å². The van der Waals surface area contributed by atoms with Gasteiger partial charge in [0.25, 0.3) is 0 Å². The molecule has 0 amide bonds. The lowest BCUT2D eigenvalue weighted by Gasteiger charge is -2.13. The highest BCUT2D eigenvalue weighted by Gasteiger charge is 2.22. The van der Waals surface area contributed by atoms with Crippen molar-refractivity contribution in [3.8, 4) is 17.2 Å². The van der Waals surface area contributed by atoms with Crippen LogP contribution in [0.25, 0.3) is 0 Å². The maximum Gasteiger partial charge on any atom is 0.345 e. The van der Waals surface area contributed by atoms with Crippen LogP contribution in [-0.4, -0.2) is 38.5 Å². The summed E-state index contributed by atoms with van der Waals surface area (Å²) in [7, 11) is 0. The Morgan fingerprint density at radius 2 is 1.62 bits per heavy atom. The average molecular weight is 358 g/mol. The number of esters is 1. The summed E-state index contributed by atoms with van der Waals surface area (Å²) in [4.78, 5) is 23.1. The van der Waals surface area contributed by atoms with Gasteiger partial charge >= 0.3 is 11.9 Å². The van der Waals surface area contributed by atoms with Gasteiger partial charge < -0.3 is 25.2 Å². The summed E-state index contributed by atoms with van der Waals surface area (Å²) in [6.07, 6.45) is 1.50. The smallest absolute Gasteiger partial charge is 0.345 e. The highest BCUT2D eigenvalue weighted by Crippen LogP contribution is 2.25. The second kappa shape index (κ2) is 8.57. The largest absolute Gasteiger partial charge is 0.508 e. The Labute approximate surface area is 149 Å². The number of phenols is 3. The average Bonchev–Trinajstić information content (AvgIpc) is 2.59. The fourth-order valence-corrected chi connectivity index (χ4v) is 2.19. The van der Waals surface area contributed by atoms with Crippen molar-refractivity contribution in [1.82, 2.24) is 0 Å². The van der Waals surface area contributed by atoms with Gasteiger partial charge in [-0.2, -0.15) is 0 Å². The molecular weight excluding hydrogens is 340 g/mol. The lowest BCUT2D eigenvalue weighted by Crippen LogP contribution is -2.28. The number of carbonyl (C=O) groups is 2. The molecule has 2 aromatic rings. The number of phenolic OH excluding ortho intramolecular Hbond substituents is 3. The van der Waals surface area contributed by atoms with E-state index in [4.69, 9.17) is 4.74 Å². The third-order valence-corrected chi connectivity index (χ3v) is 3.54. The van der Waals surface area contributed by atoms with E-state index in [2.05, 4.69) is 0 Å². The minimum Gasteiger partial charge on any atom is -0.508 e. The normalized spacial score (nSPS) is 12.0. The molecule has 0 aromatic heterocycles. The number of carbonyl (C=O) groups excluding carboxylic acids is 1. The topological polar surface area (TPSA) is 124 Å². The maximum atomic E-state index is 11.8. The minimum atomic E-state index is -1.43. The predicted octanol–water partition coefficient (Wildman–Crippen LogP) is 2.14. The van der Waals surface area contributed by atoms with Crippen LogP contribution < -0.4 is 0 Å². The van der Waals surface area contributed by atoms with Crippen molar-refractivity contribution in [2.75, 3.05) is 0 Å².